The molecule has 1 saturated carbocycles. The molecule has 0 aromatic heterocycles. The molecule has 1 saturated heterocycles. The Bertz CT molecular complexity index is 169. The zero-order valence-corrected chi connectivity index (χ0v) is 8.71. The maximum Gasteiger partial charge on any atom is 0.0138 e. The lowest BCUT2D eigenvalue weighted by Gasteiger charge is -2.46. The van der Waals surface area contributed by atoms with Crippen molar-refractivity contribution in [1.29, 1.82) is 0 Å². The highest BCUT2D eigenvalue weighted by atomic mass is 15.2. The molecule has 13 heavy (non-hydrogen) atoms. The molecule has 2 rings (SSSR count). The van der Waals surface area contributed by atoms with E-state index in [2.05, 4.69) is 11.8 Å². The van der Waals surface area contributed by atoms with E-state index in [9.17, 15) is 0 Å². The third kappa shape index (κ3) is 1.75. The number of hydrogen-bond acceptors (Lipinski definition) is 2. The average Bonchev–Trinajstić information content (AvgIpc) is 2.19. The van der Waals surface area contributed by atoms with Crippen LogP contribution < -0.4 is 5.73 Å². The number of hydrogen-bond donors (Lipinski definition) is 1. The van der Waals surface area contributed by atoms with Gasteiger partial charge in [0.1, 0.15) is 0 Å². The van der Waals surface area contributed by atoms with Crippen molar-refractivity contribution in [1.82, 2.24) is 4.90 Å². The highest BCUT2D eigenvalue weighted by Gasteiger charge is 2.36. The van der Waals surface area contributed by atoms with E-state index in [0.29, 0.717) is 6.04 Å². The largest absolute Gasteiger partial charge is 0.327 e. The Balaban J connectivity index is 2.05. The lowest BCUT2D eigenvalue weighted by molar-refractivity contribution is 0.0512. The van der Waals surface area contributed by atoms with Crippen LogP contribution >= 0.6 is 0 Å². The summed E-state index contributed by atoms with van der Waals surface area (Å²) in [4.78, 5) is 2.65. The molecule has 1 heterocycles. The van der Waals surface area contributed by atoms with E-state index in [4.69, 9.17) is 5.73 Å². The van der Waals surface area contributed by atoms with E-state index >= 15 is 0 Å². The van der Waals surface area contributed by atoms with Gasteiger partial charge >= 0.3 is 0 Å². The molecule has 0 amide bonds. The molecule has 0 aromatic carbocycles. The Morgan fingerprint density at radius 3 is 2.77 bits per heavy atom. The predicted molar refractivity (Wildman–Crippen MR) is 55.6 cm³/mol. The molecule has 0 radical (unpaired) electrons. The summed E-state index contributed by atoms with van der Waals surface area (Å²) in [5, 5.41) is 0. The fourth-order valence-corrected chi connectivity index (χ4v) is 3.18. The SMILES string of the molecule is CCN1CCC(N)C2CCCCC21. The quantitative estimate of drug-likeness (QED) is 0.667. The highest BCUT2D eigenvalue weighted by Crippen LogP contribution is 2.34. The molecule has 76 valence electrons. The van der Waals surface area contributed by atoms with Gasteiger partial charge in [-0.3, -0.25) is 0 Å². The van der Waals surface area contributed by atoms with Gasteiger partial charge in [-0.15, -0.1) is 0 Å². The van der Waals surface area contributed by atoms with Crippen LogP contribution in [0.1, 0.15) is 39.0 Å². The Morgan fingerprint density at radius 2 is 2.00 bits per heavy atom. The van der Waals surface area contributed by atoms with Gasteiger partial charge in [-0.2, -0.15) is 0 Å². The number of likely N-dealkylation sites (tertiary alicyclic amines) is 1. The van der Waals surface area contributed by atoms with Crippen LogP contribution in [0.2, 0.25) is 0 Å². The Labute approximate surface area is 81.5 Å². The van der Waals surface area contributed by atoms with E-state index in [0.717, 1.165) is 12.0 Å². The zero-order valence-electron chi connectivity index (χ0n) is 8.71. The summed E-state index contributed by atoms with van der Waals surface area (Å²) in [5.41, 5.74) is 6.18. The first-order chi connectivity index (χ1) is 6.33. The normalized spacial score (nSPS) is 41.5. The maximum atomic E-state index is 6.18. The number of nitrogens with zero attached hydrogens (tertiary/aromatic N) is 1. The van der Waals surface area contributed by atoms with E-state index < -0.39 is 0 Å². The monoisotopic (exact) mass is 182 g/mol. The third-order valence-corrected chi connectivity index (χ3v) is 3.96. The van der Waals surface area contributed by atoms with Gasteiger partial charge in [0, 0.05) is 12.1 Å². The van der Waals surface area contributed by atoms with Gasteiger partial charge in [0.05, 0.1) is 0 Å². The molecule has 0 bridgehead atoms. The number of nitrogens with two attached hydrogens (primary N) is 1. The summed E-state index contributed by atoms with van der Waals surface area (Å²) in [7, 11) is 0. The fraction of sp³-hybridized carbons (Fsp3) is 1.00. The summed E-state index contributed by atoms with van der Waals surface area (Å²) in [6.07, 6.45) is 6.82. The number of rotatable bonds is 1. The molecule has 2 heteroatoms. The van der Waals surface area contributed by atoms with Crippen molar-refractivity contribution in [3.05, 3.63) is 0 Å². The van der Waals surface area contributed by atoms with Crippen LogP contribution in [0.15, 0.2) is 0 Å². The summed E-state index contributed by atoms with van der Waals surface area (Å²) in [6.45, 7) is 4.73. The van der Waals surface area contributed by atoms with Gasteiger partial charge in [-0.25, -0.2) is 0 Å². The van der Waals surface area contributed by atoms with Gasteiger partial charge in [0.25, 0.3) is 0 Å². The van der Waals surface area contributed by atoms with Crippen LogP contribution in [0.25, 0.3) is 0 Å². The second-order valence-electron chi connectivity index (χ2n) is 4.60. The summed E-state index contributed by atoms with van der Waals surface area (Å²) >= 11 is 0. The second-order valence-corrected chi connectivity index (χ2v) is 4.60. The van der Waals surface area contributed by atoms with E-state index in [-0.39, 0.29) is 0 Å². The van der Waals surface area contributed by atoms with Crippen LogP contribution in [-0.2, 0) is 0 Å². The highest BCUT2D eigenvalue weighted by molar-refractivity contribution is 4.93. The number of fused-ring (bicyclic) bond motifs is 1. The Kier molecular flexibility index (Phi) is 2.89. The molecular weight excluding hydrogens is 160 g/mol. The molecule has 1 aliphatic heterocycles. The van der Waals surface area contributed by atoms with Crippen LogP contribution in [0, 0.1) is 5.92 Å². The predicted octanol–water partition coefficient (Wildman–Crippen LogP) is 1.60. The van der Waals surface area contributed by atoms with Crippen molar-refractivity contribution in [2.75, 3.05) is 13.1 Å². The standard InChI is InChI=1S/C11H22N2/c1-2-13-8-7-10(12)9-5-3-4-6-11(9)13/h9-11H,2-8,12H2,1H3. The smallest absolute Gasteiger partial charge is 0.0138 e. The molecule has 2 N–H and O–H groups in total. The van der Waals surface area contributed by atoms with E-state index in [1.807, 2.05) is 0 Å². The molecule has 0 aromatic rings. The first kappa shape index (κ1) is 9.47. The van der Waals surface area contributed by atoms with Crippen molar-refractivity contribution >= 4 is 0 Å². The van der Waals surface area contributed by atoms with Crippen molar-refractivity contribution in [3.8, 4) is 0 Å². The van der Waals surface area contributed by atoms with Gasteiger partial charge in [-0.05, 0) is 38.3 Å². The first-order valence-electron chi connectivity index (χ1n) is 5.82. The van der Waals surface area contributed by atoms with E-state index in [1.54, 1.807) is 0 Å². The molecule has 0 spiro atoms. The Hall–Kier alpha value is -0.0800. The first-order valence-corrected chi connectivity index (χ1v) is 5.82. The minimum absolute atomic E-state index is 0.494. The summed E-state index contributed by atoms with van der Waals surface area (Å²) in [5.74, 6) is 0.808. The third-order valence-electron chi connectivity index (χ3n) is 3.96. The minimum Gasteiger partial charge on any atom is -0.327 e. The summed E-state index contributed by atoms with van der Waals surface area (Å²) in [6, 6.07) is 1.32. The second kappa shape index (κ2) is 3.97. The van der Waals surface area contributed by atoms with Crippen LogP contribution in [0.4, 0.5) is 0 Å². The minimum atomic E-state index is 0.494. The van der Waals surface area contributed by atoms with Crippen molar-refractivity contribution in [2.24, 2.45) is 11.7 Å². The molecule has 1 aliphatic carbocycles. The van der Waals surface area contributed by atoms with Crippen molar-refractivity contribution in [2.45, 2.75) is 51.1 Å². The van der Waals surface area contributed by atoms with Gasteiger partial charge in [0.15, 0.2) is 0 Å². The maximum absolute atomic E-state index is 6.18. The fourth-order valence-electron chi connectivity index (χ4n) is 3.18. The van der Waals surface area contributed by atoms with Gasteiger partial charge < -0.3 is 10.6 Å². The number of piperidine rings is 1. The lowest BCUT2D eigenvalue weighted by Crippen LogP contribution is -2.54. The van der Waals surface area contributed by atoms with Crippen LogP contribution in [-0.4, -0.2) is 30.1 Å². The molecule has 2 nitrogen and oxygen atoms in total. The molecule has 3 atom stereocenters. The topological polar surface area (TPSA) is 29.3 Å². The molecule has 2 fully saturated rings. The van der Waals surface area contributed by atoms with Crippen molar-refractivity contribution < 1.29 is 0 Å². The van der Waals surface area contributed by atoms with Gasteiger partial charge in [0.2, 0.25) is 0 Å². The Morgan fingerprint density at radius 1 is 1.23 bits per heavy atom. The molecular formula is C11H22N2. The molecule has 3 unspecified atom stereocenters. The average molecular weight is 182 g/mol. The van der Waals surface area contributed by atoms with Crippen LogP contribution in [0.5, 0.6) is 0 Å². The van der Waals surface area contributed by atoms with E-state index in [1.165, 1.54) is 45.2 Å². The zero-order chi connectivity index (χ0) is 9.26. The molecule has 2 aliphatic rings. The van der Waals surface area contributed by atoms with Crippen molar-refractivity contribution in [3.63, 3.8) is 0 Å². The van der Waals surface area contributed by atoms with Gasteiger partial charge in [-0.1, -0.05) is 19.8 Å². The summed E-state index contributed by atoms with van der Waals surface area (Å²) < 4.78 is 0. The van der Waals surface area contributed by atoms with Crippen LogP contribution in [0.3, 0.4) is 0 Å². The lowest BCUT2D eigenvalue weighted by atomic mass is 9.76.